The first kappa shape index (κ1) is 10.00. The molecule has 0 saturated heterocycles. The first-order chi connectivity index (χ1) is 8.31. The van der Waals surface area contributed by atoms with E-state index in [1.807, 2.05) is 7.05 Å². The van der Waals surface area contributed by atoms with Gasteiger partial charge in [-0.2, -0.15) is 0 Å². The highest BCUT2D eigenvalue weighted by molar-refractivity contribution is 5.16. The summed E-state index contributed by atoms with van der Waals surface area (Å²) in [5.41, 5.74) is 0. The fraction of sp³-hybridized carbons (Fsp3) is 0.917. The maximum absolute atomic E-state index is 4.24. The standard InChI is InChI=1S/C12H19N5/c1-6(13-2)12-14-15-16-17(12)11-9-7-3-4-8(5-7)10(9)11/h6-11,13H,3-5H2,1-2H3. The molecule has 1 heterocycles. The van der Waals surface area contributed by atoms with Crippen molar-refractivity contribution in [3.63, 3.8) is 0 Å². The second kappa shape index (κ2) is 3.28. The Morgan fingerprint density at radius 2 is 2.00 bits per heavy atom. The van der Waals surface area contributed by atoms with E-state index >= 15 is 0 Å². The molecule has 0 aromatic carbocycles. The Kier molecular flexibility index (Phi) is 1.93. The van der Waals surface area contributed by atoms with Crippen molar-refractivity contribution in [1.82, 2.24) is 25.5 Å². The van der Waals surface area contributed by atoms with Gasteiger partial charge in [0.1, 0.15) is 0 Å². The summed E-state index contributed by atoms with van der Waals surface area (Å²) in [6.07, 6.45) is 4.37. The Bertz CT molecular complexity index is 426. The fourth-order valence-electron chi connectivity index (χ4n) is 4.43. The Hall–Kier alpha value is -0.970. The van der Waals surface area contributed by atoms with Gasteiger partial charge < -0.3 is 5.32 Å². The van der Waals surface area contributed by atoms with Crippen LogP contribution in [0, 0.1) is 23.7 Å². The van der Waals surface area contributed by atoms with E-state index in [4.69, 9.17) is 0 Å². The van der Waals surface area contributed by atoms with Gasteiger partial charge in [-0.3, -0.25) is 0 Å². The molecule has 2 bridgehead atoms. The zero-order valence-electron chi connectivity index (χ0n) is 10.4. The Balaban J connectivity index is 1.63. The summed E-state index contributed by atoms with van der Waals surface area (Å²) in [6, 6.07) is 0.853. The van der Waals surface area contributed by atoms with Gasteiger partial charge in [0.15, 0.2) is 5.82 Å². The number of hydrogen-bond donors (Lipinski definition) is 1. The predicted octanol–water partition coefficient (Wildman–Crippen LogP) is 1.17. The molecule has 0 spiro atoms. The first-order valence-corrected chi connectivity index (χ1v) is 6.76. The molecule has 5 unspecified atom stereocenters. The van der Waals surface area contributed by atoms with Crippen molar-refractivity contribution in [3.8, 4) is 0 Å². The van der Waals surface area contributed by atoms with E-state index in [1.54, 1.807) is 0 Å². The third kappa shape index (κ3) is 1.20. The summed E-state index contributed by atoms with van der Waals surface area (Å²) in [4.78, 5) is 0. The average Bonchev–Trinajstić information content (AvgIpc) is 2.81. The van der Waals surface area contributed by atoms with Gasteiger partial charge in [-0.25, -0.2) is 4.68 Å². The zero-order chi connectivity index (χ0) is 11.6. The number of hydrogen-bond acceptors (Lipinski definition) is 4. The molecule has 3 aliphatic rings. The van der Waals surface area contributed by atoms with Crippen LogP contribution >= 0.6 is 0 Å². The smallest absolute Gasteiger partial charge is 0.168 e. The minimum absolute atomic E-state index is 0.240. The van der Waals surface area contributed by atoms with E-state index in [-0.39, 0.29) is 6.04 Å². The van der Waals surface area contributed by atoms with Crippen molar-refractivity contribution in [2.75, 3.05) is 7.05 Å². The number of nitrogens with zero attached hydrogens (tertiary/aromatic N) is 4. The quantitative estimate of drug-likeness (QED) is 0.851. The summed E-state index contributed by atoms with van der Waals surface area (Å²) in [5, 5.41) is 15.5. The lowest BCUT2D eigenvalue weighted by Gasteiger charge is -2.13. The molecule has 4 rings (SSSR count). The molecule has 0 radical (unpaired) electrons. The summed E-state index contributed by atoms with van der Waals surface area (Å²) >= 11 is 0. The van der Waals surface area contributed by atoms with Crippen molar-refractivity contribution < 1.29 is 0 Å². The van der Waals surface area contributed by atoms with Crippen LogP contribution in [0.25, 0.3) is 0 Å². The topological polar surface area (TPSA) is 55.6 Å². The molecule has 1 N–H and O–H groups in total. The molecule has 0 aliphatic heterocycles. The average molecular weight is 233 g/mol. The molecule has 3 aliphatic carbocycles. The van der Waals surface area contributed by atoms with Crippen molar-refractivity contribution in [1.29, 1.82) is 0 Å². The third-order valence-corrected chi connectivity index (χ3v) is 5.32. The summed E-state index contributed by atoms with van der Waals surface area (Å²) in [5.74, 6) is 4.72. The molecule has 5 atom stereocenters. The number of rotatable bonds is 3. The summed E-state index contributed by atoms with van der Waals surface area (Å²) < 4.78 is 2.11. The van der Waals surface area contributed by atoms with Crippen molar-refractivity contribution in [2.45, 2.75) is 38.3 Å². The summed E-state index contributed by atoms with van der Waals surface area (Å²) in [7, 11) is 1.96. The van der Waals surface area contributed by atoms with Gasteiger partial charge in [0, 0.05) is 0 Å². The van der Waals surface area contributed by atoms with E-state index in [9.17, 15) is 0 Å². The minimum Gasteiger partial charge on any atom is -0.311 e. The van der Waals surface area contributed by atoms with Gasteiger partial charge >= 0.3 is 0 Å². The lowest BCUT2D eigenvalue weighted by Crippen LogP contribution is -2.19. The number of fused-ring (bicyclic) bond motifs is 5. The van der Waals surface area contributed by atoms with E-state index in [0.29, 0.717) is 6.04 Å². The van der Waals surface area contributed by atoms with E-state index < -0.39 is 0 Å². The number of aromatic nitrogens is 4. The van der Waals surface area contributed by atoms with Crippen LogP contribution in [0.15, 0.2) is 0 Å². The lowest BCUT2D eigenvalue weighted by atomic mass is 10.0. The molecule has 17 heavy (non-hydrogen) atoms. The first-order valence-electron chi connectivity index (χ1n) is 6.76. The van der Waals surface area contributed by atoms with Gasteiger partial charge in [0.05, 0.1) is 12.1 Å². The van der Waals surface area contributed by atoms with Crippen LogP contribution in [-0.2, 0) is 0 Å². The van der Waals surface area contributed by atoms with Gasteiger partial charge in [-0.1, -0.05) is 0 Å². The molecule has 3 saturated carbocycles. The second-order valence-corrected chi connectivity index (χ2v) is 5.97. The Morgan fingerprint density at radius 1 is 1.29 bits per heavy atom. The van der Waals surface area contributed by atoms with E-state index in [2.05, 4.69) is 32.4 Å². The third-order valence-electron chi connectivity index (χ3n) is 5.32. The van der Waals surface area contributed by atoms with Gasteiger partial charge in [0.25, 0.3) is 0 Å². The Morgan fingerprint density at radius 3 is 2.65 bits per heavy atom. The van der Waals surface area contributed by atoms with Gasteiger partial charge in [0.2, 0.25) is 0 Å². The van der Waals surface area contributed by atoms with Crippen LogP contribution in [0.2, 0.25) is 0 Å². The predicted molar refractivity (Wildman–Crippen MR) is 62.1 cm³/mol. The molecule has 92 valence electrons. The van der Waals surface area contributed by atoms with Gasteiger partial charge in [-0.15, -0.1) is 5.10 Å². The second-order valence-electron chi connectivity index (χ2n) is 5.97. The van der Waals surface area contributed by atoms with E-state index in [1.165, 1.54) is 19.3 Å². The highest BCUT2D eigenvalue weighted by Gasteiger charge is 2.66. The Labute approximate surface area is 101 Å². The lowest BCUT2D eigenvalue weighted by molar-refractivity contribution is 0.405. The van der Waals surface area contributed by atoms with Gasteiger partial charge in [-0.05, 0) is 67.3 Å². The van der Waals surface area contributed by atoms with E-state index in [0.717, 1.165) is 29.5 Å². The fourth-order valence-corrected chi connectivity index (χ4v) is 4.43. The van der Waals surface area contributed by atoms with Crippen LogP contribution < -0.4 is 5.32 Å². The molecule has 5 heteroatoms. The molecule has 1 aromatic rings. The van der Waals surface area contributed by atoms with Crippen molar-refractivity contribution in [2.24, 2.45) is 23.7 Å². The number of tetrazole rings is 1. The molecular formula is C12H19N5. The van der Waals surface area contributed by atoms with Crippen molar-refractivity contribution in [3.05, 3.63) is 5.82 Å². The summed E-state index contributed by atoms with van der Waals surface area (Å²) in [6.45, 7) is 2.12. The largest absolute Gasteiger partial charge is 0.311 e. The van der Waals surface area contributed by atoms with Crippen LogP contribution in [-0.4, -0.2) is 27.3 Å². The van der Waals surface area contributed by atoms with Crippen LogP contribution in [0.4, 0.5) is 0 Å². The maximum Gasteiger partial charge on any atom is 0.168 e. The molecule has 5 nitrogen and oxygen atoms in total. The number of nitrogens with one attached hydrogen (secondary N) is 1. The molecular weight excluding hydrogens is 214 g/mol. The van der Waals surface area contributed by atoms with Crippen LogP contribution in [0.1, 0.15) is 44.1 Å². The maximum atomic E-state index is 4.24. The highest BCUT2D eigenvalue weighted by atomic mass is 15.6. The normalized spacial score (nSPS) is 43.8. The molecule has 3 fully saturated rings. The SMILES string of the molecule is CNC(C)c1nnnn1C1C2C3CCC(C3)C21. The van der Waals surface area contributed by atoms with Crippen LogP contribution in [0.3, 0.4) is 0 Å². The molecule has 1 aromatic heterocycles. The monoisotopic (exact) mass is 233 g/mol. The zero-order valence-corrected chi connectivity index (χ0v) is 10.4. The molecule has 0 amide bonds. The van der Waals surface area contributed by atoms with Crippen LogP contribution in [0.5, 0.6) is 0 Å². The minimum atomic E-state index is 0.240. The van der Waals surface area contributed by atoms with Crippen molar-refractivity contribution >= 4 is 0 Å². The highest BCUT2D eigenvalue weighted by Crippen LogP contribution is 2.71.